The number of carbonyl (C=O) groups is 1. The predicted octanol–water partition coefficient (Wildman–Crippen LogP) is 1.72. The first-order valence-corrected chi connectivity index (χ1v) is 7.99. The van der Waals surface area contributed by atoms with Crippen molar-refractivity contribution in [3.63, 3.8) is 0 Å². The molecule has 1 aliphatic heterocycles. The third-order valence-corrected chi connectivity index (χ3v) is 4.22. The molecule has 0 saturated carbocycles. The first-order chi connectivity index (χ1) is 10.6. The first kappa shape index (κ1) is 16.9. The van der Waals surface area contributed by atoms with E-state index in [4.69, 9.17) is 0 Å². The normalized spacial score (nSPS) is 20.6. The summed E-state index contributed by atoms with van der Waals surface area (Å²) in [6.45, 7) is 3.52. The minimum atomic E-state index is -0.410. The highest BCUT2D eigenvalue weighted by Gasteiger charge is 2.27. The van der Waals surface area contributed by atoms with Gasteiger partial charge in [0.1, 0.15) is 5.82 Å². The minimum Gasteiger partial charge on any atom is -0.392 e. The maximum atomic E-state index is 12.8. The van der Waals surface area contributed by atoms with Crippen LogP contribution >= 0.6 is 0 Å². The molecule has 2 rings (SSSR count). The fraction of sp³-hybridized carbons (Fsp3) is 0.588. The number of rotatable bonds is 6. The standard InChI is InChI=1S/C17H25FN2O2/c1-13(21)16-4-2-3-11-20(16)12-17(22)19-10-9-14-5-7-15(18)8-6-14/h5-8,13,16,21H,2-4,9-12H2,1H3,(H,19,22). The van der Waals surface area contributed by atoms with Crippen LogP contribution in [0.25, 0.3) is 0 Å². The minimum absolute atomic E-state index is 0.0188. The molecule has 1 fully saturated rings. The number of nitrogens with one attached hydrogen (secondary N) is 1. The summed E-state index contributed by atoms with van der Waals surface area (Å²) in [5, 5.41) is 12.7. The van der Waals surface area contributed by atoms with Crippen LogP contribution in [-0.2, 0) is 11.2 Å². The van der Waals surface area contributed by atoms with E-state index in [-0.39, 0.29) is 17.8 Å². The number of amides is 1. The summed E-state index contributed by atoms with van der Waals surface area (Å²) in [6.07, 6.45) is 3.41. The molecule has 1 heterocycles. The lowest BCUT2D eigenvalue weighted by molar-refractivity contribution is -0.123. The molecule has 1 aromatic carbocycles. The molecule has 2 atom stereocenters. The number of aliphatic hydroxyl groups excluding tert-OH is 1. The van der Waals surface area contributed by atoms with Gasteiger partial charge in [0, 0.05) is 12.6 Å². The average molecular weight is 308 g/mol. The monoisotopic (exact) mass is 308 g/mol. The second-order valence-corrected chi connectivity index (χ2v) is 6.00. The molecule has 1 amide bonds. The van der Waals surface area contributed by atoms with Gasteiger partial charge in [-0.1, -0.05) is 18.6 Å². The zero-order valence-electron chi connectivity index (χ0n) is 13.1. The highest BCUT2D eigenvalue weighted by Crippen LogP contribution is 2.19. The van der Waals surface area contributed by atoms with Crippen LogP contribution in [0.15, 0.2) is 24.3 Å². The zero-order chi connectivity index (χ0) is 15.9. The lowest BCUT2D eigenvalue weighted by Gasteiger charge is -2.36. The summed E-state index contributed by atoms with van der Waals surface area (Å²) in [5.41, 5.74) is 1.00. The molecule has 1 aromatic rings. The van der Waals surface area contributed by atoms with Crippen molar-refractivity contribution in [2.75, 3.05) is 19.6 Å². The number of hydrogen-bond acceptors (Lipinski definition) is 3. The van der Waals surface area contributed by atoms with Gasteiger partial charge < -0.3 is 10.4 Å². The topological polar surface area (TPSA) is 52.6 Å². The van der Waals surface area contributed by atoms with E-state index < -0.39 is 6.10 Å². The van der Waals surface area contributed by atoms with Crippen molar-refractivity contribution in [2.45, 2.75) is 44.8 Å². The summed E-state index contributed by atoms with van der Waals surface area (Å²) < 4.78 is 12.8. The van der Waals surface area contributed by atoms with Crippen LogP contribution in [0, 0.1) is 5.82 Å². The van der Waals surface area contributed by atoms with E-state index in [9.17, 15) is 14.3 Å². The van der Waals surface area contributed by atoms with Gasteiger partial charge in [0.05, 0.1) is 12.6 Å². The number of likely N-dealkylation sites (tertiary alicyclic amines) is 1. The molecule has 2 unspecified atom stereocenters. The number of piperidine rings is 1. The van der Waals surface area contributed by atoms with E-state index in [1.807, 2.05) is 0 Å². The molecule has 4 nitrogen and oxygen atoms in total. The van der Waals surface area contributed by atoms with Crippen LogP contribution in [0.4, 0.5) is 4.39 Å². The van der Waals surface area contributed by atoms with Gasteiger partial charge in [-0.05, 0) is 50.4 Å². The predicted molar refractivity (Wildman–Crippen MR) is 84.0 cm³/mol. The van der Waals surface area contributed by atoms with Crippen LogP contribution in [0.5, 0.6) is 0 Å². The van der Waals surface area contributed by atoms with Gasteiger partial charge in [-0.2, -0.15) is 0 Å². The number of benzene rings is 1. The second kappa shape index (κ2) is 8.25. The van der Waals surface area contributed by atoms with Gasteiger partial charge in [-0.15, -0.1) is 0 Å². The molecule has 22 heavy (non-hydrogen) atoms. The van der Waals surface area contributed by atoms with Crippen LogP contribution < -0.4 is 5.32 Å². The molecular formula is C17H25FN2O2. The highest BCUT2D eigenvalue weighted by molar-refractivity contribution is 5.78. The van der Waals surface area contributed by atoms with Crippen molar-refractivity contribution in [3.8, 4) is 0 Å². The molecule has 0 spiro atoms. The number of aliphatic hydroxyl groups is 1. The Morgan fingerprint density at radius 2 is 2.14 bits per heavy atom. The largest absolute Gasteiger partial charge is 0.392 e. The van der Waals surface area contributed by atoms with E-state index in [1.54, 1.807) is 19.1 Å². The number of hydrogen-bond donors (Lipinski definition) is 2. The molecule has 0 aliphatic carbocycles. The summed E-state index contributed by atoms with van der Waals surface area (Å²) >= 11 is 0. The third kappa shape index (κ3) is 5.07. The van der Waals surface area contributed by atoms with E-state index in [0.29, 0.717) is 19.5 Å². The Morgan fingerprint density at radius 3 is 2.82 bits per heavy atom. The molecule has 122 valence electrons. The van der Waals surface area contributed by atoms with Gasteiger partial charge in [-0.25, -0.2) is 4.39 Å². The summed E-state index contributed by atoms with van der Waals surface area (Å²) in [6, 6.07) is 6.40. The lowest BCUT2D eigenvalue weighted by atomic mass is 9.98. The average Bonchev–Trinajstić information content (AvgIpc) is 2.49. The SMILES string of the molecule is CC(O)C1CCCCN1CC(=O)NCCc1ccc(F)cc1. The Labute approximate surface area is 131 Å². The zero-order valence-corrected chi connectivity index (χ0v) is 13.1. The first-order valence-electron chi connectivity index (χ1n) is 7.99. The molecular weight excluding hydrogens is 283 g/mol. The van der Waals surface area contributed by atoms with Gasteiger partial charge in [-0.3, -0.25) is 9.69 Å². The molecule has 1 aliphatic rings. The maximum absolute atomic E-state index is 12.8. The maximum Gasteiger partial charge on any atom is 0.234 e. The molecule has 0 bridgehead atoms. The van der Waals surface area contributed by atoms with Crippen LogP contribution in [0.1, 0.15) is 31.7 Å². The van der Waals surface area contributed by atoms with Crippen molar-refractivity contribution in [2.24, 2.45) is 0 Å². The fourth-order valence-corrected chi connectivity index (χ4v) is 3.00. The van der Waals surface area contributed by atoms with Gasteiger partial charge >= 0.3 is 0 Å². The van der Waals surface area contributed by atoms with Crippen molar-refractivity contribution in [1.29, 1.82) is 0 Å². The van der Waals surface area contributed by atoms with Crippen molar-refractivity contribution < 1.29 is 14.3 Å². The van der Waals surface area contributed by atoms with Crippen molar-refractivity contribution in [3.05, 3.63) is 35.6 Å². The highest BCUT2D eigenvalue weighted by atomic mass is 19.1. The van der Waals surface area contributed by atoms with Crippen LogP contribution in [0.2, 0.25) is 0 Å². The van der Waals surface area contributed by atoms with Crippen molar-refractivity contribution in [1.82, 2.24) is 10.2 Å². The number of nitrogens with zero attached hydrogens (tertiary/aromatic N) is 1. The van der Waals surface area contributed by atoms with E-state index in [2.05, 4.69) is 10.2 Å². The Balaban J connectivity index is 1.73. The Kier molecular flexibility index (Phi) is 6.34. The fourth-order valence-electron chi connectivity index (χ4n) is 3.00. The Bertz CT molecular complexity index is 476. The molecule has 2 N–H and O–H groups in total. The number of halogens is 1. The van der Waals surface area contributed by atoms with E-state index in [1.165, 1.54) is 12.1 Å². The van der Waals surface area contributed by atoms with E-state index in [0.717, 1.165) is 31.4 Å². The summed E-state index contributed by atoms with van der Waals surface area (Å²) in [4.78, 5) is 14.1. The smallest absolute Gasteiger partial charge is 0.234 e. The molecule has 0 aromatic heterocycles. The Hall–Kier alpha value is -1.46. The van der Waals surface area contributed by atoms with Gasteiger partial charge in [0.2, 0.25) is 5.91 Å². The quantitative estimate of drug-likeness (QED) is 0.841. The van der Waals surface area contributed by atoms with Gasteiger partial charge in [0.15, 0.2) is 0 Å². The molecule has 1 saturated heterocycles. The van der Waals surface area contributed by atoms with Crippen LogP contribution in [0.3, 0.4) is 0 Å². The lowest BCUT2D eigenvalue weighted by Crippen LogP contribution is -2.50. The second-order valence-electron chi connectivity index (χ2n) is 6.00. The molecule has 0 radical (unpaired) electrons. The third-order valence-electron chi connectivity index (χ3n) is 4.22. The van der Waals surface area contributed by atoms with Gasteiger partial charge in [0.25, 0.3) is 0 Å². The summed E-state index contributed by atoms with van der Waals surface area (Å²) in [5.74, 6) is -0.267. The van der Waals surface area contributed by atoms with Crippen LogP contribution in [-0.4, -0.2) is 47.7 Å². The van der Waals surface area contributed by atoms with E-state index >= 15 is 0 Å². The summed E-state index contributed by atoms with van der Waals surface area (Å²) in [7, 11) is 0. The number of carbonyl (C=O) groups excluding carboxylic acids is 1. The Morgan fingerprint density at radius 1 is 1.41 bits per heavy atom. The molecule has 5 heteroatoms. The van der Waals surface area contributed by atoms with Crippen molar-refractivity contribution >= 4 is 5.91 Å².